The zero-order valence-electron chi connectivity index (χ0n) is 16.0. The summed E-state index contributed by atoms with van der Waals surface area (Å²) >= 11 is 4.89. The highest BCUT2D eigenvalue weighted by atomic mass is 32.2. The molecule has 0 spiro atoms. The lowest BCUT2D eigenvalue weighted by atomic mass is 10.0. The number of thiazole rings is 1. The van der Waals surface area contributed by atoms with E-state index >= 15 is 0 Å². The average Bonchev–Trinajstić information content (AvgIpc) is 3.44. The van der Waals surface area contributed by atoms with Crippen molar-refractivity contribution in [3.63, 3.8) is 0 Å². The van der Waals surface area contributed by atoms with Gasteiger partial charge in [0.25, 0.3) is 11.8 Å². The van der Waals surface area contributed by atoms with E-state index in [1.54, 1.807) is 6.20 Å². The number of aliphatic carboxylic acids is 1. The molecule has 0 aliphatic carbocycles. The van der Waals surface area contributed by atoms with Crippen LogP contribution in [0.2, 0.25) is 0 Å². The van der Waals surface area contributed by atoms with E-state index < -0.39 is 29.2 Å². The van der Waals surface area contributed by atoms with E-state index in [4.69, 9.17) is 5.73 Å². The minimum atomic E-state index is -1.21. The molecule has 12 nitrogen and oxygen atoms in total. The van der Waals surface area contributed by atoms with Crippen LogP contribution in [0.4, 0.5) is 5.13 Å². The lowest BCUT2D eigenvalue weighted by molar-refractivity contribution is -0.150. The molecule has 2 atom stereocenters. The number of amides is 2. The molecule has 0 radical (unpaired) electrons. The molecule has 4 heterocycles. The van der Waals surface area contributed by atoms with Gasteiger partial charge < -0.3 is 21.4 Å². The molecule has 0 bridgehead atoms. The lowest BCUT2D eigenvalue weighted by Crippen LogP contribution is -2.71. The Balaban J connectivity index is 1.44. The van der Waals surface area contributed by atoms with Gasteiger partial charge in [0.05, 0.1) is 23.6 Å². The second kappa shape index (κ2) is 9.43. The molecule has 2 aromatic rings. The maximum Gasteiger partial charge on any atom is 0.353 e. The topological polar surface area (TPSA) is 184 Å². The van der Waals surface area contributed by atoms with Crippen molar-refractivity contribution in [1.82, 2.24) is 23.9 Å². The Morgan fingerprint density at radius 3 is 2.88 bits per heavy atom. The summed E-state index contributed by atoms with van der Waals surface area (Å²) in [5, 5.41) is 25.5. The second-order valence-electron chi connectivity index (χ2n) is 6.45. The van der Waals surface area contributed by atoms with Crippen molar-refractivity contribution in [2.75, 3.05) is 17.2 Å². The quantitative estimate of drug-likeness (QED) is 0.166. The van der Waals surface area contributed by atoms with Gasteiger partial charge >= 0.3 is 5.97 Å². The predicted octanol–water partition coefficient (Wildman–Crippen LogP) is 0.427. The molecule has 0 unspecified atom stereocenters. The molecule has 1 saturated heterocycles. The SMILES string of the molecule is Nc1nc(/C(=N/O)C(=O)N[C@@H]2C(=O)N3C(C(=O)O)=C(SCCc4cnsn4)CS[C@H]23)cs1. The number of thioether (sulfide) groups is 2. The molecule has 5 N–H and O–H groups in total. The number of carbonyl (C=O) groups excluding carboxylic acids is 2. The summed E-state index contributed by atoms with van der Waals surface area (Å²) < 4.78 is 8.05. The first-order valence-corrected chi connectivity index (χ1v) is 12.6. The third-order valence-electron chi connectivity index (χ3n) is 4.54. The van der Waals surface area contributed by atoms with E-state index in [2.05, 4.69) is 24.2 Å². The van der Waals surface area contributed by atoms with Crippen molar-refractivity contribution < 1.29 is 24.7 Å². The van der Waals surface area contributed by atoms with Crippen molar-refractivity contribution in [2.24, 2.45) is 5.16 Å². The lowest BCUT2D eigenvalue weighted by Gasteiger charge is -2.49. The van der Waals surface area contributed by atoms with Gasteiger partial charge in [0.2, 0.25) is 0 Å². The van der Waals surface area contributed by atoms with Crippen molar-refractivity contribution in [3.8, 4) is 0 Å². The Morgan fingerprint density at radius 2 is 2.25 bits per heavy atom. The van der Waals surface area contributed by atoms with Crippen molar-refractivity contribution >= 4 is 75.2 Å². The zero-order valence-corrected chi connectivity index (χ0v) is 19.3. The van der Waals surface area contributed by atoms with Crippen LogP contribution in [0.15, 0.2) is 27.3 Å². The Kier molecular flexibility index (Phi) is 6.63. The molecule has 32 heavy (non-hydrogen) atoms. The number of hydrogen-bond donors (Lipinski definition) is 4. The van der Waals surface area contributed by atoms with E-state index in [0.717, 1.165) is 28.8 Å². The van der Waals surface area contributed by atoms with Crippen molar-refractivity contribution in [2.45, 2.75) is 17.8 Å². The second-order valence-corrected chi connectivity index (χ2v) is 10.2. The van der Waals surface area contributed by atoms with Crippen LogP contribution in [0.1, 0.15) is 11.4 Å². The fourth-order valence-corrected chi connectivity index (χ4v) is 6.71. The van der Waals surface area contributed by atoms with Crippen LogP contribution in [0.3, 0.4) is 0 Å². The summed E-state index contributed by atoms with van der Waals surface area (Å²) in [6, 6.07) is -0.956. The van der Waals surface area contributed by atoms with Crippen LogP contribution in [0.5, 0.6) is 0 Å². The number of hydrogen-bond acceptors (Lipinski definition) is 13. The van der Waals surface area contributed by atoms with Gasteiger partial charge in [-0.2, -0.15) is 8.75 Å². The van der Waals surface area contributed by atoms with Crippen LogP contribution >= 0.6 is 46.6 Å². The third-order valence-corrected chi connectivity index (χ3v) is 8.29. The highest BCUT2D eigenvalue weighted by Gasteiger charge is 2.54. The van der Waals surface area contributed by atoms with E-state index in [9.17, 15) is 24.7 Å². The monoisotopic (exact) mass is 513 g/mol. The standard InChI is InChI=1S/C16H15N7O5S4/c17-16-19-7(4-31-16)9(21-28)12(24)20-10-13(25)23-11(15(26)27)8(5-30-14(10)23)29-2-1-6-3-18-32-22-6/h3-4,10,14,28H,1-2,5H2,(H2,17,19)(H,20,24)(H,26,27)/b21-9-/t10-,14-/m1/s1. The van der Waals surface area contributed by atoms with Crippen molar-refractivity contribution in [1.29, 1.82) is 0 Å². The maximum absolute atomic E-state index is 12.7. The van der Waals surface area contributed by atoms with Gasteiger partial charge in [-0.15, -0.1) is 34.9 Å². The van der Waals surface area contributed by atoms with Crippen LogP contribution in [0.25, 0.3) is 0 Å². The summed E-state index contributed by atoms with van der Waals surface area (Å²) in [6.07, 6.45) is 2.29. The molecule has 0 aromatic carbocycles. The largest absolute Gasteiger partial charge is 0.477 e. The number of β-lactam (4-membered cyclic amide) rings is 1. The van der Waals surface area contributed by atoms with Crippen LogP contribution < -0.4 is 11.1 Å². The summed E-state index contributed by atoms with van der Waals surface area (Å²) in [5.41, 5.74) is 5.99. The number of rotatable bonds is 8. The Hall–Kier alpha value is -2.69. The molecule has 2 aliphatic heterocycles. The normalized spacial score (nSPS) is 20.7. The molecule has 1 fully saturated rings. The van der Waals surface area contributed by atoms with Gasteiger partial charge in [0.15, 0.2) is 10.8 Å². The highest BCUT2D eigenvalue weighted by Crippen LogP contribution is 2.43. The van der Waals surface area contributed by atoms with Gasteiger partial charge in [-0.3, -0.25) is 14.5 Å². The number of nitrogen functional groups attached to an aromatic ring is 1. The minimum Gasteiger partial charge on any atom is -0.477 e. The van der Waals surface area contributed by atoms with Crippen LogP contribution in [-0.4, -0.2) is 75.4 Å². The molecular formula is C16H15N7O5S4. The average molecular weight is 514 g/mol. The van der Waals surface area contributed by atoms with Gasteiger partial charge in [-0.1, -0.05) is 5.16 Å². The first-order chi connectivity index (χ1) is 15.4. The number of nitrogens with two attached hydrogens (primary N) is 1. The molecular weight excluding hydrogens is 498 g/mol. The number of carboxylic acids is 1. The van der Waals surface area contributed by atoms with Gasteiger partial charge in [0.1, 0.15) is 22.8 Å². The third kappa shape index (κ3) is 4.30. The molecule has 2 amide bonds. The molecule has 4 rings (SSSR count). The summed E-state index contributed by atoms with van der Waals surface area (Å²) in [5.74, 6) is -1.59. The Morgan fingerprint density at radius 1 is 1.44 bits per heavy atom. The van der Waals surface area contributed by atoms with Crippen LogP contribution in [-0.2, 0) is 20.8 Å². The summed E-state index contributed by atoms with van der Waals surface area (Å²) in [4.78, 5) is 42.9. The number of oxime groups is 1. The molecule has 16 heteroatoms. The number of aromatic nitrogens is 3. The smallest absolute Gasteiger partial charge is 0.353 e. The number of fused-ring (bicyclic) bond motifs is 1. The molecule has 0 saturated carbocycles. The van der Waals surface area contributed by atoms with Gasteiger partial charge in [-0.25, -0.2) is 9.78 Å². The number of aryl methyl sites for hydroxylation is 1. The Bertz CT molecular complexity index is 1120. The fourth-order valence-electron chi connectivity index (χ4n) is 3.09. The summed E-state index contributed by atoms with van der Waals surface area (Å²) in [7, 11) is 0. The number of carboxylic acid groups (broad SMARTS) is 1. The maximum atomic E-state index is 12.7. The number of carbonyl (C=O) groups is 3. The van der Waals surface area contributed by atoms with Crippen LogP contribution in [0, 0.1) is 0 Å². The van der Waals surface area contributed by atoms with E-state index in [1.165, 1.54) is 33.8 Å². The summed E-state index contributed by atoms with van der Waals surface area (Å²) in [6.45, 7) is 0. The van der Waals surface area contributed by atoms with E-state index in [0.29, 0.717) is 22.8 Å². The number of nitrogens with zero attached hydrogens (tertiary/aromatic N) is 5. The molecule has 2 aromatic heterocycles. The fraction of sp³-hybridized carbons (Fsp3) is 0.312. The minimum absolute atomic E-state index is 0.0750. The number of anilines is 1. The van der Waals surface area contributed by atoms with Gasteiger partial charge in [0, 0.05) is 28.2 Å². The molecule has 168 valence electrons. The van der Waals surface area contributed by atoms with E-state index in [1.807, 2.05) is 0 Å². The molecule has 2 aliphatic rings. The van der Waals surface area contributed by atoms with Gasteiger partial charge in [-0.05, 0) is 0 Å². The first-order valence-electron chi connectivity index (χ1n) is 8.95. The number of nitrogens with one attached hydrogen (secondary N) is 1. The zero-order chi connectivity index (χ0) is 22.8. The van der Waals surface area contributed by atoms with Crippen molar-refractivity contribution in [3.05, 3.63) is 33.6 Å². The predicted molar refractivity (Wildman–Crippen MR) is 121 cm³/mol. The Labute approximate surface area is 197 Å². The highest BCUT2D eigenvalue weighted by molar-refractivity contribution is 8.06. The first kappa shape index (κ1) is 22.5. The van der Waals surface area contributed by atoms with E-state index in [-0.39, 0.29) is 22.2 Å².